The highest BCUT2D eigenvalue weighted by molar-refractivity contribution is 7.90. The first kappa shape index (κ1) is 15.8. The number of carbonyl (C=O) groups is 4. The van der Waals surface area contributed by atoms with Crippen LogP contribution in [0.2, 0.25) is 0 Å². The number of nitrogens with zero attached hydrogens (tertiary/aromatic N) is 1. The molecule has 1 heterocycles. The van der Waals surface area contributed by atoms with E-state index in [0.717, 1.165) is 0 Å². The van der Waals surface area contributed by atoms with Gasteiger partial charge in [0.25, 0.3) is 16.0 Å². The normalized spacial score (nSPS) is 15.2. The van der Waals surface area contributed by atoms with E-state index >= 15 is 0 Å². The molecule has 1 aliphatic rings. The van der Waals surface area contributed by atoms with Gasteiger partial charge in [0.15, 0.2) is 4.91 Å². The molecular weight excluding hydrogens is 298 g/mol. The fourth-order valence-electron chi connectivity index (χ4n) is 1.24. The number of aliphatic carboxylic acids is 1. The Morgan fingerprint density at radius 1 is 1.25 bits per heavy atom. The molecule has 0 bridgehead atoms. The van der Waals surface area contributed by atoms with Gasteiger partial charge in [-0.1, -0.05) is 5.06 Å². The molecule has 0 atom stereocenters. The first-order chi connectivity index (χ1) is 9.12. The Hall–Kier alpha value is -2.27. The lowest BCUT2D eigenvalue weighted by Crippen LogP contribution is -2.34. The Bertz CT molecular complexity index is 603. The molecular formula is C9H9NO9S. The van der Waals surface area contributed by atoms with Gasteiger partial charge in [-0.3, -0.25) is 18.9 Å². The number of imide groups is 1. The van der Waals surface area contributed by atoms with Crippen molar-refractivity contribution in [1.82, 2.24) is 5.06 Å². The third-order valence-electron chi connectivity index (χ3n) is 2.09. The summed E-state index contributed by atoms with van der Waals surface area (Å²) in [6.45, 7) is 0. The lowest BCUT2D eigenvalue weighted by molar-refractivity contribution is -0.196. The molecule has 0 radical (unpaired) electrons. The molecule has 0 saturated heterocycles. The molecule has 0 unspecified atom stereocenters. The minimum absolute atomic E-state index is 0.0804. The maximum absolute atomic E-state index is 11.4. The standard InChI is InChI=1S/C9H9NO9S/c11-6-4-5(20(16,17)18)9(15)10(6)19-8(14)3-1-2-7(12)13/h4H,1-3H2,(H,12,13)(H,16,17,18). The molecule has 2 amide bonds. The molecule has 0 fully saturated rings. The molecule has 0 saturated carbocycles. The van der Waals surface area contributed by atoms with E-state index in [1.54, 1.807) is 0 Å². The zero-order valence-corrected chi connectivity index (χ0v) is 10.6. The van der Waals surface area contributed by atoms with Gasteiger partial charge in [0.05, 0.1) is 0 Å². The van der Waals surface area contributed by atoms with Crippen molar-refractivity contribution in [1.29, 1.82) is 0 Å². The molecule has 1 aliphatic heterocycles. The molecule has 0 aromatic heterocycles. The van der Waals surface area contributed by atoms with Gasteiger partial charge in [-0.05, 0) is 6.42 Å². The van der Waals surface area contributed by atoms with Gasteiger partial charge in [-0.2, -0.15) is 8.42 Å². The monoisotopic (exact) mass is 307 g/mol. The number of amides is 2. The van der Waals surface area contributed by atoms with Crippen LogP contribution in [-0.2, 0) is 34.1 Å². The Kier molecular flexibility index (Phi) is 4.57. The van der Waals surface area contributed by atoms with Crippen LogP contribution in [0.5, 0.6) is 0 Å². The van der Waals surface area contributed by atoms with E-state index in [0.29, 0.717) is 6.08 Å². The molecule has 2 N–H and O–H groups in total. The second-order valence-electron chi connectivity index (χ2n) is 3.63. The fourth-order valence-corrected chi connectivity index (χ4v) is 1.79. The van der Waals surface area contributed by atoms with E-state index in [4.69, 9.17) is 9.66 Å². The van der Waals surface area contributed by atoms with Crippen molar-refractivity contribution in [2.24, 2.45) is 0 Å². The number of hydrogen-bond donors (Lipinski definition) is 2. The van der Waals surface area contributed by atoms with Crippen molar-refractivity contribution >= 4 is 33.9 Å². The number of carbonyl (C=O) groups excluding carboxylic acids is 3. The van der Waals surface area contributed by atoms with Gasteiger partial charge in [-0.15, -0.1) is 0 Å². The Balaban J connectivity index is 2.63. The Labute approximate surface area is 112 Å². The highest BCUT2D eigenvalue weighted by Gasteiger charge is 2.40. The summed E-state index contributed by atoms with van der Waals surface area (Å²) in [7, 11) is -4.90. The summed E-state index contributed by atoms with van der Waals surface area (Å²) < 4.78 is 30.2. The number of carboxylic acid groups (broad SMARTS) is 1. The summed E-state index contributed by atoms with van der Waals surface area (Å²) in [5.41, 5.74) is 0. The molecule has 0 aliphatic carbocycles. The highest BCUT2D eigenvalue weighted by atomic mass is 32.2. The van der Waals surface area contributed by atoms with Crippen LogP contribution in [0.4, 0.5) is 0 Å². The van der Waals surface area contributed by atoms with Crippen molar-refractivity contribution < 1.29 is 42.1 Å². The summed E-state index contributed by atoms with van der Waals surface area (Å²) in [5, 5.41) is 8.23. The van der Waals surface area contributed by atoms with Crippen LogP contribution in [-0.4, -0.2) is 46.9 Å². The number of hydroxylamine groups is 2. The summed E-state index contributed by atoms with van der Waals surface area (Å²) in [6, 6.07) is 0. The summed E-state index contributed by atoms with van der Waals surface area (Å²) in [4.78, 5) is 47.2. The number of hydrogen-bond acceptors (Lipinski definition) is 7. The van der Waals surface area contributed by atoms with E-state index in [1.807, 2.05) is 0 Å². The van der Waals surface area contributed by atoms with Crippen LogP contribution in [0.3, 0.4) is 0 Å². The smallest absolute Gasteiger partial charge is 0.333 e. The van der Waals surface area contributed by atoms with Crippen molar-refractivity contribution in [3.05, 3.63) is 11.0 Å². The van der Waals surface area contributed by atoms with Crippen LogP contribution in [0.25, 0.3) is 0 Å². The van der Waals surface area contributed by atoms with Crippen LogP contribution in [0, 0.1) is 0 Å². The number of carboxylic acids is 1. The third kappa shape index (κ3) is 3.86. The van der Waals surface area contributed by atoms with E-state index in [-0.39, 0.29) is 24.3 Å². The van der Waals surface area contributed by atoms with Crippen molar-refractivity contribution in [3.63, 3.8) is 0 Å². The lowest BCUT2D eigenvalue weighted by Gasteiger charge is -2.12. The Morgan fingerprint density at radius 2 is 1.85 bits per heavy atom. The van der Waals surface area contributed by atoms with Crippen LogP contribution in [0.15, 0.2) is 11.0 Å². The predicted octanol–water partition coefficient (Wildman–Crippen LogP) is -1.16. The van der Waals surface area contributed by atoms with Gasteiger partial charge in [0.1, 0.15) is 0 Å². The molecule has 0 aromatic rings. The van der Waals surface area contributed by atoms with Crippen LogP contribution < -0.4 is 0 Å². The first-order valence-electron chi connectivity index (χ1n) is 5.13. The maximum atomic E-state index is 11.4. The molecule has 0 aromatic carbocycles. The van der Waals surface area contributed by atoms with E-state index in [1.165, 1.54) is 0 Å². The topological polar surface area (TPSA) is 155 Å². The molecule has 20 heavy (non-hydrogen) atoms. The second kappa shape index (κ2) is 5.79. The third-order valence-corrected chi connectivity index (χ3v) is 2.94. The minimum atomic E-state index is -4.90. The van der Waals surface area contributed by atoms with Crippen molar-refractivity contribution in [2.75, 3.05) is 0 Å². The Morgan fingerprint density at radius 3 is 2.30 bits per heavy atom. The van der Waals surface area contributed by atoms with E-state index in [2.05, 4.69) is 4.84 Å². The molecule has 11 heteroatoms. The predicted molar refractivity (Wildman–Crippen MR) is 59.1 cm³/mol. The molecule has 110 valence electrons. The zero-order chi connectivity index (χ0) is 15.5. The van der Waals surface area contributed by atoms with Crippen molar-refractivity contribution in [2.45, 2.75) is 19.3 Å². The molecule has 0 spiro atoms. The average Bonchev–Trinajstić information content (AvgIpc) is 2.56. The first-order valence-corrected chi connectivity index (χ1v) is 6.57. The fraction of sp³-hybridized carbons (Fsp3) is 0.333. The summed E-state index contributed by atoms with van der Waals surface area (Å²) >= 11 is 0. The van der Waals surface area contributed by atoms with Crippen LogP contribution >= 0.6 is 0 Å². The largest absolute Gasteiger partial charge is 0.481 e. The van der Waals surface area contributed by atoms with Gasteiger partial charge in [0.2, 0.25) is 0 Å². The number of rotatable bonds is 6. The van der Waals surface area contributed by atoms with E-state index < -0.39 is 38.8 Å². The van der Waals surface area contributed by atoms with Gasteiger partial charge >= 0.3 is 17.8 Å². The average molecular weight is 307 g/mol. The molecule has 10 nitrogen and oxygen atoms in total. The summed E-state index contributed by atoms with van der Waals surface area (Å²) in [5.74, 6) is -4.96. The van der Waals surface area contributed by atoms with Crippen LogP contribution in [0.1, 0.15) is 19.3 Å². The SMILES string of the molecule is O=C(O)CCCC(=O)ON1C(=O)C=C(S(=O)(=O)O)C1=O. The van der Waals surface area contributed by atoms with Gasteiger partial charge in [-0.25, -0.2) is 4.79 Å². The van der Waals surface area contributed by atoms with Gasteiger partial charge in [0, 0.05) is 18.9 Å². The molecule has 1 rings (SSSR count). The lowest BCUT2D eigenvalue weighted by atomic mass is 10.2. The quantitative estimate of drug-likeness (QED) is 0.456. The van der Waals surface area contributed by atoms with E-state index in [9.17, 15) is 27.6 Å². The highest BCUT2D eigenvalue weighted by Crippen LogP contribution is 2.18. The van der Waals surface area contributed by atoms with Gasteiger partial charge < -0.3 is 9.94 Å². The zero-order valence-electron chi connectivity index (χ0n) is 9.81. The van der Waals surface area contributed by atoms with Crippen molar-refractivity contribution in [3.8, 4) is 0 Å². The maximum Gasteiger partial charge on any atom is 0.333 e. The summed E-state index contributed by atoms with van der Waals surface area (Å²) in [6.07, 6.45) is -0.471. The minimum Gasteiger partial charge on any atom is -0.481 e. The second-order valence-corrected chi connectivity index (χ2v) is 5.02.